The molecule has 29 heavy (non-hydrogen) atoms. The van der Waals surface area contributed by atoms with E-state index in [4.69, 9.17) is 0 Å². The molecule has 6 nitrogen and oxygen atoms in total. The summed E-state index contributed by atoms with van der Waals surface area (Å²) < 4.78 is 0. The van der Waals surface area contributed by atoms with Gasteiger partial charge in [0, 0.05) is 24.9 Å². The van der Waals surface area contributed by atoms with Gasteiger partial charge in [-0.1, -0.05) is 50.1 Å². The second kappa shape index (κ2) is 8.56. The third kappa shape index (κ3) is 3.89. The molecule has 156 valence electrons. The fourth-order valence-corrected chi connectivity index (χ4v) is 5.54. The molecular formula is C23H31N3O3. The zero-order chi connectivity index (χ0) is 20.4. The summed E-state index contributed by atoms with van der Waals surface area (Å²) in [6.07, 6.45) is 6.29. The highest BCUT2D eigenvalue weighted by Crippen LogP contribution is 2.54. The number of amides is 4. The Balaban J connectivity index is 1.35. The topological polar surface area (TPSA) is 78.5 Å². The standard InChI is InChI=1S/C23H31N3O3/c1-2-14-26-22(28)18(24-23(26)29)12-13-19(27)25-21-17-11-7-6-10-16(17)20(21)15-8-4-3-5-9-15/h3-5,8-9,16-18,20-21H,2,6-7,10-14H2,1H3,(H,24,29)(H,25,27)/t16-,17-,18-,20+,21+/m1/s1. The fourth-order valence-electron chi connectivity index (χ4n) is 5.54. The van der Waals surface area contributed by atoms with Gasteiger partial charge in [-0.05, 0) is 43.1 Å². The minimum Gasteiger partial charge on any atom is -0.352 e. The molecule has 1 heterocycles. The van der Waals surface area contributed by atoms with E-state index in [9.17, 15) is 14.4 Å². The number of hydrogen-bond acceptors (Lipinski definition) is 3. The van der Waals surface area contributed by atoms with E-state index in [-0.39, 0.29) is 30.3 Å². The molecule has 5 atom stereocenters. The summed E-state index contributed by atoms with van der Waals surface area (Å²) in [7, 11) is 0. The number of nitrogens with one attached hydrogen (secondary N) is 2. The van der Waals surface area contributed by atoms with Crippen molar-refractivity contribution in [1.82, 2.24) is 15.5 Å². The van der Waals surface area contributed by atoms with E-state index in [1.807, 2.05) is 13.0 Å². The van der Waals surface area contributed by atoms with Crippen LogP contribution in [-0.2, 0) is 9.59 Å². The van der Waals surface area contributed by atoms with Crippen LogP contribution in [0.2, 0.25) is 0 Å². The second-order valence-corrected chi connectivity index (χ2v) is 8.67. The second-order valence-electron chi connectivity index (χ2n) is 8.67. The first-order valence-electron chi connectivity index (χ1n) is 11.1. The lowest BCUT2D eigenvalue weighted by atomic mass is 9.53. The minimum absolute atomic E-state index is 0.0176. The van der Waals surface area contributed by atoms with E-state index in [0.717, 1.165) is 6.42 Å². The highest BCUT2D eigenvalue weighted by Gasteiger charge is 2.51. The number of carbonyl (C=O) groups excluding carboxylic acids is 3. The Morgan fingerprint density at radius 3 is 2.59 bits per heavy atom. The molecular weight excluding hydrogens is 366 g/mol. The van der Waals surface area contributed by atoms with Crippen LogP contribution in [0.1, 0.15) is 63.4 Å². The van der Waals surface area contributed by atoms with Crippen LogP contribution < -0.4 is 10.6 Å². The predicted molar refractivity (Wildman–Crippen MR) is 110 cm³/mol. The van der Waals surface area contributed by atoms with Gasteiger partial charge in [0.15, 0.2) is 0 Å². The van der Waals surface area contributed by atoms with Gasteiger partial charge in [0.05, 0.1) is 0 Å². The van der Waals surface area contributed by atoms with Crippen LogP contribution in [0.25, 0.3) is 0 Å². The monoisotopic (exact) mass is 397 g/mol. The molecule has 0 radical (unpaired) electrons. The van der Waals surface area contributed by atoms with Gasteiger partial charge in [0.25, 0.3) is 5.91 Å². The number of benzene rings is 1. The summed E-state index contributed by atoms with van der Waals surface area (Å²) in [6.45, 7) is 2.36. The molecule has 1 aromatic carbocycles. The van der Waals surface area contributed by atoms with Crippen LogP contribution in [0.15, 0.2) is 30.3 Å². The highest BCUT2D eigenvalue weighted by molar-refractivity contribution is 6.04. The van der Waals surface area contributed by atoms with E-state index >= 15 is 0 Å². The molecule has 2 saturated carbocycles. The average molecular weight is 398 g/mol. The number of hydrogen-bond donors (Lipinski definition) is 2. The van der Waals surface area contributed by atoms with Crippen LogP contribution in [0.5, 0.6) is 0 Å². The third-order valence-electron chi connectivity index (χ3n) is 6.91. The molecule has 0 unspecified atom stereocenters. The van der Waals surface area contributed by atoms with E-state index in [1.165, 1.54) is 36.1 Å². The predicted octanol–water partition coefficient (Wildman–Crippen LogP) is 3.19. The van der Waals surface area contributed by atoms with E-state index in [1.54, 1.807) is 0 Å². The lowest BCUT2D eigenvalue weighted by Crippen LogP contribution is -2.59. The van der Waals surface area contributed by atoms with Gasteiger partial charge in [0.1, 0.15) is 6.04 Å². The van der Waals surface area contributed by atoms with Crippen molar-refractivity contribution in [3.63, 3.8) is 0 Å². The lowest BCUT2D eigenvalue weighted by Gasteiger charge is -2.55. The molecule has 1 aliphatic heterocycles. The van der Waals surface area contributed by atoms with Gasteiger partial charge >= 0.3 is 6.03 Å². The Morgan fingerprint density at radius 2 is 1.86 bits per heavy atom. The molecule has 4 rings (SSSR count). The van der Waals surface area contributed by atoms with Gasteiger partial charge in [-0.25, -0.2) is 4.79 Å². The molecule has 3 aliphatic rings. The summed E-state index contributed by atoms with van der Waals surface area (Å²) in [6, 6.07) is 9.78. The Hall–Kier alpha value is -2.37. The number of fused-ring (bicyclic) bond motifs is 1. The molecule has 6 heteroatoms. The molecule has 3 fully saturated rings. The van der Waals surface area contributed by atoms with Crippen LogP contribution in [-0.4, -0.2) is 41.4 Å². The van der Waals surface area contributed by atoms with Crippen molar-refractivity contribution in [3.8, 4) is 0 Å². The van der Waals surface area contributed by atoms with Crippen molar-refractivity contribution < 1.29 is 14.4 Å². The van der Waals surface area contributed by atoms with Gasteiger partial charge in [-0.2, -0.15) is 0 Å². The van der Waals surface area contributed by atoms with E-state index in [0.29, 0.717) is 30.7 Å². The summed E-state index contributed by atoms with van der Waals surface area (Å²) in [5.74, 6) is 1.39. The Kier molecular flexibility index (Phi) is 5.88. The van der Waals surface area contributed by atoms with E-state index < -0.39 is 6.04 Å². The van der Waals surface area contributed by atoms with E-state index in [2.05, 4.69) is 34.9 Å². The summed E-state index contributed by atoms with van der Waals surface area (Å²) in [4.78, 5) is 38.2. The quantitative estimate of drug-likeness (QED) is 0.694. The first-order chi connectivity index (χ1) is 14.1. The molecule has 1 aromatic rings. The maximum Gasteiger partial charge on any atom is 0.324 e. The maximum atomic E-state index is 12.7. The average Bonchev–Trinajstić information content (AvgIpc) is 2.99. The van der Waals surface area contributed by atoms with Gasteiger partial charge in [-0.15, -0.1) is 0 Å². The highest BCUT2D eigenvalue weighted by atomic mass is 16.2. The first-order valence-corrected chi connectivity index (χ1v) is 11.1. The summed E-state index contributed by atoms with van der Waals surface area (Å²) in [5.41, 5.74) is 1.31. The number of nitrogens with zero attached hydrogens (tertiary/aromatic N) is 1. The molecule has 2 aliphatic carbocycles. The van der Waals surface area contributed by atoms with Crippen molar-refractivity contribution >= 4 is 17.8 Å². The Morgan fingerprint density at radius 1 is 1.14 bits per heavy atom. The SMILES string of the molecule is CCCN1C(=O)N[C@H](CCC(=O)N[C@H]2[C@@H]3CCCC[C@H]3[C@@H]2c2ccccc2)C1=O. The molecule has 0 aromatic heterocycles. The number of carbonyl (C=O) groups is 3. The van der Waals surface area contributed by atoms with Gasteiger partial charge < -0.3 is 10.6 Å². The fraction of sp³-hybridized carbons (Fsp3) is 0.609. The van der Waals surface area contributed by atoms with Gasteiger partial charge in [0.2, 0.25) is 5.91 Å². The van der Waals surface area contributed by atoms with Crippen LogP contribution in [0, 0.1) is 11.8 Å². The third-order valence-corrected chi connectivity index (χ3v) is 6.91. The summed E-state index contributed by atoms with van der Waals surface area (Å²) >= 11 is 0. The number of urea groups is 1. The first kappa shape index (κ1) is 19.9. The van der Waals surface area contributed by atoms with Crippen molar-refractivity contribution in [3.05, 3.63) is 35.9 Å². The van der Waals surface area contributed by atoms with Crippen molar-refractivity contribution in [2.75, 3.05) is 6.54 Å². The normalized spacial score (nSPS) is 31.1. The molecule has 0 spiro atoms. The molecule has 2 N–H and O–H groups in total. The molecule has 4 amide bonds. The molecule has 0 bridgehead atoms. The maximum absolute atomic E-state index is 12.7. The van der Waals surface area contributed by atoms with Gasteiger partial charge in [-0.3, -0.25) is 14.5 Å². The van der Waals surface area contributed by atoms with Crippen molar-refractivity contribution in [1.29, 1.82) is 0 Å². The zero-order valence-electron chi connectivity index (χ0n) is 17.1. The van der Waals surface area contributed by atoms with Crippen LogP contribution in [0.3, 0.4) is 0 Å². The Labute approximate surface area is 172 Å². The van der Waals surface area contributed by atoms with Crippen molar-refractivity contribution in [2.45, 2.75) is 69.9 Å². The smallest absolute Gasteiger partial charge is 0.324 e. The number of rotatable bonds is 7. The van der Waals surface area contributed by atoms with Crippen LogP contribution >= 0.6 is 0 Å². The van der Waals surface area contributed by atoms with Crippen molar-refractivity contribution in [2.24, 2.45) is 11.8 Å². The zero-order valence-corrected chi connectivity index (χ0v) is 17.1. The number of imide groups is 1. The largest absolute Gasteiger partial charge is 0.352 e. The summed E-state index contributed by atoms with van der Waals surface area (Å²) in [5, 5.41) is 5.99. The molecule has 1 saturated heterocycles. The minimum atomic E-state index is -0.575. The lowest BCUT2D eigenvalue weighted by molar-refractivity contribution is -0.128. The Bertz CT molecular complexity index is 766. The van der Waals surface area contributed by atoms with Crippen LogP contribution in [0.4, 0.5) is 4.79 Å².